The zero-order valence-corrected chi connectivity index (χ0v) is 17.5. The molecule has 0 bridgehead atoms. The number of nitrogens with one attached hydrogen (secondary N) is 1. The number of nitrogens with zero attached hydrogens (tertiary/aromatic N) is 4. The van der Waals surface area contributed by atoms with E-state index in [4.69, 9.17) is 17.3 Å². The van der Waals surface area contributed by atoms with Crippen molar-refractivity contribution in [2.45, 2.75) is 25.7 Å². The second kappa shape index (κ2) is 6.75. The molecule has 5 rings (SSSR count). The fourth-order valence-corrected chi connectivity index (χ4v) is 4.07. The highest BCUT2D eigenvalue weighted by molar-refractivity contribution is 6.31. The molecule has 0 fully saturated rings. The summed E-state index contributed by atoms with van der Waals surface area (Å²) in [4.78, 5) is 21.3. The molecule has 9 heteroatoms. The summed E-state index contributed by atoms with van der Waals surface area (Å²) < 4.78 is 15.8. The summed E-state index contributed by atoms with van der Waals surface area (Å²) in [5.41, 5.74) is 7.77. The fourth-order valence-electron chi connectivity index (χ4n) is 3.90. The minimum Gasteiger partial charge on any atom is -0.383 e. The fraction of sp³-hybridized carbons (Fsp3) is 0.182. The number of aromatic nitrogens is 4. The average molecular weight is 437 g/mol. The Kier molecular flexibility index (Phi) is 4.23. The van der Waals surface area contributed by atoms with Gasteiger partial charge in [0.05, 0.1) is 22.2 Å². The van der Waals surface area contributed by atoms with Crippen LogP contribution in [0.1, 0.15) is 30.7 Å². The smallest absolute Gasteiger partial charge is 0.255 e. The SMILES string of the molecule is CC1(C)C(=O)Nc2nc(-n3nc(Cc4ccccc4F)c4cc(Cl)ccc43)nc(N)c21. The van der Waals surface area contributed by atoms with Crippen molar-refractivity contribution in [1.29, 1.82) is 0 Å². The quantitative estimate of drug-likeness (QED) is 0.505. The van der Waals surface area contributed by atoms with Gasteiger partial charge in [-0.1, -0.05) is 29.8 Å². The van der Waals surface area contributed by atoms with Gasteiger partial charge in [0.25, 0.3) is 5.95 Å². The van der Waals surface area contributed by atoms with E-state index in [0.717, 1.165) is 5.39 Å². The molecular weight excluding hydrogens is 419 g/mol. The van der Waals surface area contributed by atoms with Crippen LogP contribution in [0.25, 0.3) is 16.9 Å². The Balaban J connectivity index is 1.69. The standard InChI is InChI=1S/C22H18ClFN6O/c1-22(2)17-18(25)26-21(28-19(17)27-20(22)31)30-16-8-7-12(23)10-13(16)15(29-30)9-11-5-3-4-6-14(11)24/h3-8,10H,9H2,1-2H3,(H3,25,26,27,28,31). The van der Waals surface area contributed by atoms with Gasteiger partial charge in [-0.15, -0.1) is 0 Å². The minimum absolute atomic E-state index is 0.196. The molecule has 0 spiro atoms. The van der Waals surface area contributed by atoms with Gasteiger partial charge >= 0.3 is 0 Å². The van der Waals surface area contributed by atoms with Crippen molar-refractivity contribution in [3.05, 3.63) is 70.1 Å². The van der Waals surface area contributed by atoms with Crippen LogP contribution in [0.3, 0.4) is 0 Å². The van der Waals surface area contributed by atoms with Crippen LogP contribution in [0.2, 0.25) is 5.02 Å². The Morgan fingerprint density at radius 2 is 1.97 bits per heavy atom. The Morgan fingerprint density at radius 1 is 1.19 bits per heavy atom. The highest BCUT2D eigenvalue weighted by atomic mass is 35.5. The second-order valence-electron chi connectivity index (χ2n) is 8.00. The van der Waals surface area contributed by atoms with Gasteiger partial charge < -0.3 is 11.1 Å². The van der Waals surface area contributed by atoms with E-state index in [1.807, 2.05) is 0 Å². The number of hydrogen-bond acceptors (Lipinski definition) is 5. The maximum absolute atomic E-state index is 14.3. The van der Waals surface area contributed by atoms with Crippen molar-refractivity contribution >= 4 is 40.0 Å². The molecule has 1 amide bonds. The van der Waals surface area contributed by atoms with E-state index < -0.39 is 5.41 Å². The lowest BCUT2D eigenvalue weighted by atomic mass is 9.87. The molecule has 2 aromatic heterocycles. The number of nitrogen functional groups attached to an aromatic ring is 1. The molecule has 0 aliphatic carbocycles. The number of benzene rings is 2. The number of carbonyl (C=O) groups is 1. The van der Waals surface area contributed by atoms with Gasteiger partial charge in [-0.25, -0.2) is 4.39 Å². The van der Waals surface area contributed by atoms with Crippen molar-refractivity contribution in [2.24, 2.45) is 0 Å². The highest BCUT2D eigenvalue weighted by Crippen LogP contribution is 2.39. The largest absolute Gasteiger partial charge is 0.383 e. The first-order valence-electron chi connectivity index (χ1n) is 9.66. The van der Waals surface area contributed by atoms with E-state index in [9.17, 15) is 9.18 Å². The summed E-state index contributed by atoms with van der Waals surface area (Å²) in [6.45, 7) is 3.54. The summed E-state index contributed by atoms with van der Waals surface area (Å²) in [6.07, 6.45) is 0.265. The second-order valence-corrected chi connectivity index (χ2v) is 8.44. The maximum Gasteiger partial charge on any atom is 0.255 e. The molecule has 4 aromatic rings. The Morgan fingerprint density at radius 3 is 2.74 bits per heavy atom. The molecule has 0 unspecified atom stereocenters. The van der Waals surface area contributed by atoms with Gasteiger partial charge in [0, 0.05) is 16.8 Å². The topological polar surface area (TPSA) is 98.7 Å². The summed E-state index contributed by atoms with van der Waals surface area (Å²) in [5.74, 6) is 0.275. The third kappa shape index (κ3) is 3.02. The normalized spacial score (nSPS) is 14.6. The predicted molar refractivity (Wildman–Crippen MR) is 117 cm³/mol. The molecule has 0 radical (unpaired) electrons. The van der Waals surface area contributed by atoms with Gasteiger partial charge in [-0.2, -0.15) is 19.7 Å². The zero-order valence-electron chi connectivity index (χ0n) is 16.8. The van der Waals surface area contributed by atoms with Crippen LogP contribution in [0, 0.1) is 5.82 Å². The van der Waals surface area contributed by atoms with Crippen molar-refractivity contribution in [3.63, 3.8) is 0 Å². The van der Waals surface area contributed by atoms with E-state index in [2.05, 4.69) is 20.4 Å². The van der Waals surface area contributed by atoms with Gasteiger partial charge in [0.1, 0.15) is 17.5 Å². The molecular formula is C22H18ClFN6O. The van der Waals surface area contributed by atoms with Crippen molar-refractivity contribution < 1.29 is 9.18 Å². The monoisotopic (exact) mass is 436 g/mol. The van der Waals surface area contributed by atoms with Crippen LogP contribution in [-0.4, -0.2) is 25.7 Å². The number of nitrogens with two attached hydrogens (primary N) is 1. The number of halogens is 2. The Labute approximate surface area is 182 Å². The van der Waals surface area contributed by atoms with E-state index in [1.54, 1.807) is 50.2 Å². The third-order valence-electron chi connectivity index (χ3n) is 5.57. The highest BCUT2D eigenvalue weighted by Gasteiger charge is 2.42. The van der Waals surface area contributed by atoms with E-state index >= 15 is 0 Å². The average Bonchev–Trinajstić information content (AvgIpc) is 3.17. The van der Waals surface area contributed by atoms with Gasteiger partial charge in [0.2, 0.25) is 5.91 Å². The predicted octanol–water partition coefficient (Wildman–Crippen LogP) is 4.01. The number of anilines is 2. The molecule has 1 aliphatic heterocycles. The van der Waals surface area contributed by atoms with E-state index in [1.165, 1.54) is 10.7 Å². The summed E-state index contributed by atoms with van der Waals surface area (Å²) in [7, 11) is 0. The summed E-state index contributed by atoms with van der Waals surface area (Å²) in [6, 6.07) is 11.9. The van der Waals surface area contributed by atoms with Crippen LogP contribution >= 0.6 is 11.6 Å². The number of carbonyl (C=O) groups excluding carboxylic acids is 1. The van der Waals surface area contributed by atoms with Crippen LogP contribution < -0.4 is 11.1 Å². The lowest BCUT2D eigenvalue weighted by Crippen LogP contribution is -2.27. The zero-order chi connectivity index (χ0) is 21.9. The first-order valence-corrected chi connectivity index (χ1v) is 10.0. The number of rotatable bonds is 3. The molecule has 0 saturated carbocycles. The van der Waals surface area contributed by atoms with Gasteiger partial charge in [-0.3, -0.25) is 4.79 Å². The lowest BCUT2D eigenvalue weighted by Gasteiger charge is -2.16. The van der Waals surface area contributed by atoms with Crippen LogP contribution in [0.5, 0.6) is 0 Å². The molecule has 2 aromatic carbocycles. The van der Waals surface area contributed by atoms with Crippen LogP contribution in [0.15, 0.2) is 42.5 Å². The number of amides is 1. The molecule has 0 saturated heterocycles. The molecule has 3 N–H and O–H groups in total. The first kappa shape index (κ1) is 19.4. The third-order valence-corrected chi connectivity index (χ3v) is 5.81. The number of hydrogen-bond donors (Lipinski definition) is 2. The van der Waals surface area contributed by atoms with Crippen molar-refractivity contribution in [2.75, 3.05) is 11.1 Å². The summed E-state index contributed by atoms with van der Waals surface area (Å²) in [5, 5.41) is 8.71. The van der Waals surface area contributed by atoms with Gasteiger partial charge in [-0.05, 0) is 43.7 Å². The van der Waals surface area contributed by atoms with Crippen molar-refractivity contribution in [3.8, 4) is 5.95 Å². The van der Waals surface area contributed by atoms with Crippen molar-refractivity contribution in [1.82, 2.24) is 19.7 Å². The Bertz CT molecular complexity index is 1380. The molecule has 7 nitrogen and oxygen atoms in total. The summed E-state index contributed by atoms with van der Waals surface area (Å²) >= 11 is 6.22. The minimum atomic E-state index is -0.826. The van der Waals surface area contributed by atoms with Crippen LogP contribution in [0.4, 0.5) is 16.0 Å². The molecule has 31 heavy (non-hydrogen) atoms. The molecule has 156 valence electrons. The lowest BCUT2D eigenvalue weighted by molar-refractivity contribution is -0.119. The van der Waals surface area contributed by atoms with Crippen LogP contribution in [-0.2, 0) is 16.6 Å². The first-order chi connectivity index (χ1) is 14.8. The maximum atomic E-state index is 14.3. The molecule has 3 heterocycles. The van der Waals surface area contributed by atoms with E-state index in [0.29, 0.717) is 33.2 Å². The number of fused-ring (bicyclic) bond motifs is 2. The molecule has 0 atom stereocenters. The molecule has 1 aliphatic rings. The Hall–Kier alpha value is -3.52. The van der Waals surface area contributed by atoms with Gasteiger partial charge in [0.15, 0.2) is 0 Å². The van der Waals surface area contributed by atoms with E-state index in [-0.39, 0.29) is 29.9 Å².